The third-order valence-electron chi connectivity index (χ3n) is 2.09. The molecule has 0 aliphatic rings. The second kappa shape index (κ2) is 4.70. The molecule has 0 radical (unpaired) electrons. The summed E-state index contributed by atoms with van der Waals surface area (Å²) in [6, 6.07) is 3.41. The summed E-state index contributed by atoms with van der Waals surface area (Å²) in [6.07, 6.45) is 0. The lowest BCUT2D eigenvalue weighted by atomic mass is 10.2. The minimum atomic E-state index is -3.77. The van der Waals surface area contributed by atoms with Gasteiger partial charge in [0.2, 0.25) is 10.0 Å². The Morgan fingerprint density at radius 1 is 1.41 bits per heavy atom. The molecule has 17 heavy (non-hydrogen) atoms. The lowest BCUT2D eigenvalue weighted by Crippen LogP contribution is -2.36. The lowest BCUT2D eigenvalue weighted by molar-refractivity contribution is 0.0977. The Bertz CT molecular complexity index is 540. The number of sulfonamides is 1. The van der Waals surface area contributed by atoms with Gasteiger partial charge in [0.05, 0.1) is 10.8 Å². The van der Waals surface area contributed by atoms with Crippen LogP contribution < -0.4 is 10.5 Å². The molecule has 1 aromatic carbocycles. The van der Waals surface area contributed by atoms with E-state index in [0.29, 0.717) is 0 Å². The zero-order chi connectivity index (χ0) is 13.2. The predicted octanol–water partition coefficient (Wildman–Crippen LogP) is 0.876. The molecule has 0 unspecified atom stereocenters. The van der Waals surface area contributed by atoms with Crippen molar-refractivity contribution in [2.75, 3.05) is 5.73 Å². The summed E-state index contributed by atoms with van der Waals surface area (Å²) < 4.78 is 38.0. The molecule has 0 atom stereocenters. The van der Waals surface area contributed by atoms with E-state index in [9.17, 15) is 17.6 Å². The van der Waals surface area contributed by atoms with E-state index in [1.807, 2.05) is 0 Å². The van der Waals surface area contributed by atoms with Gasteiger partial charge in [-0.15, -0.1) is 0 Å². The van der Waals surface area contributed by atoms with Crippen LogP contribution in [0.1, 0.15) is 24.2 Å². The minimum absolute atomic E-state index is 0.158. The van der Waals surface area contributed by atoms with E-state index in [1.54, 1.807) is 4.72 Å². The Morgan fingerprint density at radius 2 is 2.00 bits per heavy atom. The number of benzene rings is 1. The quantitative estimate of drug-likeness (QED) is 0.789. The number of carbonyl (C=O) groups is 1. The van der Waals surface area contributed by atoms with Crippen molar-refractivity contribution in [2.24, 2.45) is 0 Å². The summed E-state index contributed by atoms with van der Waals surface area (Å²) in [5.74, 6) is -1.86. The fourth-order valence-corrected chi connectivity index (χ4v) is 1.62. The molecular weight excluding hydrogens is 247 g/mol. The van der Waals surface area contributed by atoms with Crippen molar-refractivity contribution in [1.29, 1.82) is 0 Å². The highest BCUT2D eigenvalue weighted by Gasteiger charge is 2.21. The SMILES string of the molecule is CC(C)S(=O)(=O)NC(=O)c1ccc(N)cc1F. The fourth-order valence-electron chi connectivity index (χ4n) is 1.02. The summed E-state index contributed by atoms with van der Waals surface area (Å²) in [5.41, 5.74) is 5.11. The Balaban J connectivity index is 2.99. The molecule has 0 fully saturated rings. The Morgan fingerprint density at radius 3 is 2.47 bits per heavy atom. The van der Waals surface area contributed by atoms with Crippen LogP contribution in [-0.4, -0.2) is 19.6 Å². The fraction of sp³-hybridized carbons (Fsp3) is 0.300. The van der Waals surface area contributed by atoms with Gasteiger partial charge in [-0.1, -0.05) is 0 Å². The number of hydrogen-bond donors (Lipinski definition) is 2. The van der Waals surface area contributed by atoms with Crippen molar-refractivity contribution >= 4 is 21.6 Å². The van der Waals surface area contributed by atoms with Crippen molar-refractivity contribution in [2.45, 2.75) is 19.1 Å². The number of anilines is 1. The molecule has 3 N–H and O–H groups in total. The van der Waals surface area contributed by atoms with E-state index in [-0.39, 0.29) is 11.3 Å². The smallest absolute Gasteiger partial charge is 0.267 e. The van der Waals surface area contributed by atoms with Crippen molar-refractivity contribution in [3.05, 3.63) is 29.6 Å². The first-order valence-electron chi connectivity index (χ1n) is 4.85. The molecule has 0 saturated carbocycles. The van der Waals surface area contributed by atoms with Crippen LogP contribution >= 0.6 is 0 Å². The highest BCUT2D eigenvalue weighted by Crippen LogP contribution is 2.12. The molecule has 0 aliphatic carbocycles. The molecule has 1 rings (SSSR count). The number of nitrogens with two attached hydrogens (primary N) is 1. The molecule has 0 saturated heterocycles. The second-order valence-electron chi connectivity index (χ2n) is 3.76. The van der Waals surface area contributed by atoms with Crippen LogP contribution in [0, 0.1) is 5.82 Å². The van der Waals surface area contributed by atoms with Gasteiger partial charge < -0.3 is 5.73 Å². The van der Waals surface area contributed by atoms with E-state index in [4.69, 9.17) is 5.73 Å². The number of halogens is 1. The number of nitrogen functional groups attached to an aromatic ring is 1. The normalized spacial score (nSPS) is 11.5. The maximum Gasteiger partial charge on any atom is 0.267 e. The first-order chi connectivity index (χ1) is 7.74. The van der Waals surface area contributed by atoms with Crippen molar-refractivity contribution in [3.8, 4) is 0 Å². The van der Waals surface area contributed by atoms with E-state index in [1.165, 1.54) is 19.9 Å². The summed E-state index contributed by atoms with van der Waals surface area (Å²) in [7, 11) is -3.77. The molecular formula is C10H13FN2O3S. The van der Waals surface area contributed by atoms with Gasteiger partial charge in [-0.25, -0.2) is 17.5 Å². The van der Waals surface area contributed by atoms with Gasteiger partial charge in [0, 0.05) is 5.69 Å². The standard InChI is InChI=1S/C10H13FN2O3S/c1-6(2)17(15,16)13-10(14)8-4-3-7(12)5-9(8)11/h3-6H,12H2,1-2H3,(H,13,14). The maximum absolute atomic E-state index is 13.3. The average molecular weight is 260 g/mol. The van der Waals surface area contributed by atoms with Crippen molar-refractivity contribution < 1.29 is 17.6 Å². The summed E-state index contributed by atoms with van der Waals surface area (Å²) in [5, 5.41) is -0.775. The molecule has 0 bridgehead atoms. The third-order valence-corrected chi connectivity index (χ3v) is 3.80. The largest absolute Gasteiger partial charge is 0.399 e. The Hall–Kier alpha value is -1.63. The van der Waals surface area contributed by atoms with Gasteiger partial charge in [0.1, 0.15) is 5.82 Å². The molecule has 0 heterocycles. The Labute approximate surface area is 98.9 Å². The number of nitrogens with one attached hydrogen (secondary N) is 1. The highest BCUT2D eigenvalue weighted by molar-refractivity contribution is 7.90. The van der Waals surface area contributed by atoms with E-state index < -0.39 is 27.0 Å². The van der Waals surface area contributed by atoms with Crippen molar-refractivity contribution in [3.63, 3.8) is 0 Å². The minimum Gasteiger partial charge on any atom is -0.399 e. The van der Waals surface area contributed by atoms with Crippen LogP contribution in [0.5, 0.6) is 0 Å². The molecule has 7 heteroatoms. The van der Waals surface area contributed by atoms with Crippen LogP contribution in [0.15, 0.2) is 18.2 Å². The van der Waals surface area contributed by atoms with Gasteiger partial charge in [-0.05, 0) is 32.0 Å². The molecule has 5 nitrogen and oxygen atoms in total. The first-order valence-corrected chi connectivity index (χ1v) is 6.39. The zero-order valence-corrected chi connectivity index (χ0v) is 10.2. The lowest BCUT2D eigenvalue weighted by Gasteiger charge is -2.10. The predicted molar refractivity (Wildman–Crippen MR) is 62.3 cm³/mol. The van der Waals surface area contributed by atoms with Gasteiger partial charge >= 0.3 is 0 Å². The summed E-state index contributed by atoms with van der Waals surface area (Å²) >= 11 is 0. The van der Waals surface area contributed by atoms with Crippen LogP contribution in [0.3, 0.4) is 0 Å². The Kier molecular flexibility index (Phi) is 3.72. The monoisotopic (exact) mass is 260 g/mol. The first kappa shape index (κ1) is 13.4. The van der Waals surface area contributed by atoms with Crippen LogP contribution in [0.25, 0.3) is 0 Å². The van der Waals surface area contributed by atoms with Crippen LogP contribution in [-0.2, 0) is 10.0 Å². The third kappa shape index (κ3) is 3.16. The molecule has 1 amide bonds. The molecule has 1 aromatic rings. The number of rotatable bonds is 3. The van der Waals surface area contributed by atoms with Gasteiger partial charge in [-0.2, -0.15) is 0 Å². The number of amides is 1. The molecule has 0 aliphatic heterocycles. The number of hydrogen-bond acceptors (Lipinski definition) is 4. The summed E-state index contributed by atoms with van der Waals surface area (Å²) in [6.45, 7) is 2.82. The zero-order valence-electron chi connectivity index (χ0n) is 9.40. The van der Waals surface area contributed by atoms with Crippen molar-refractivity contribution in [1.82, 2.24) is 4.72 Å². The van der Waals surface area contributed by atoms with Crippen LogP contribution in [0.4, 0.5) is 10.1 Å². The van der Waals surface area contributed by atoms with E-state index in [2.05, 4.69) is 0 Å². The number of carbonyl (C=O) groups excluding carboxylic acids is 1. The second-order valence-corrected chi connectivity index (χ2v) is 6.00. The molecule has 0 spiro atoms. The molecule has 94 valence electrons. The average Bonchev–Trinajstić information content (AvgIpc) is 2.15. The van der Waals surface area contributed by atoms with E-state index in [0.717, 1.165) is 12.1 Å². The molecule has 0 aromatic heterocycles. The van der Waals surface area contributed by atoms with Gasteiger partial charge in [0.25, 0.3) is 5.91 Å². The van der Waals surface area contributed by atoms with E-state index >= 15 is 0 Å². The highest BCUT2D eigenvalue weighted by atomic mass is 32.2. The van der Waals surface area contributed by atoms with Crippen LogP contribution in [0.2, 0.25) is 0 Å². The summed E-state index contributed by atoms with van der Waals surface area (Å²) in [4.78, 5) is 11.5. The van der Waals surface area contributed by atoms with Gasteiger partial charge in [0.15, 0.2) is 0 Å². The maximum atomic E-state index is 13.3. The topological polar surface area (TPSA) is 89.3 Å². The van der Waals surface area contributed by atoms with Gasteiger partial charge in [-0.3, -0.25) is 4.79 Å².